The third-order valence-electron chi connectivity index (χ3n) is 2.33. The number of allylic oxidation sites excluding steroid dienone is 2. The van der Waals surface area contributed by atoms with E-state index in [1.807, 2.05) is 12.2 Å². The summed E-state index contributed by atoms with van der Waals surface area (Å²) in [6, 6.07) is 0. The predicted molar refractivity (Wildman–Crippen MR) is 70.4 cm³/mol. The molecule has 0 spiro atoms. The van der Waals surface area contributed by atoms with Crippen LogP contribution in [-0.4, -0.2) is 22.4 Å². The fourth-order valence-corrected chi connectivity index (χ4v) is 1.35. The van der Waals surface area contributed by atoms with E-state index in [0.717, 1.165) is 38.5 Å². The fourth-order valence-electron chi connectivity index (χ4n) is 1.35. The Bertz CT molecular complexity index is 186. The second-order valence-corrected chi connectivity index (χ2v) is 4.44. The molecule has 0 aliphatic carbocycles. The Morgan fingerprint density at radius 2 is 1.29 bits per heavy atom. The topological polar surface area (TPSA) is 49.7 Å². The summed E-state index contributed by atoms with van der Waals surface area (Å²) < 4.78 is 5.16. The monoisotopic (exact) mass is 242 g/mol. The summed E-state index contributed by atoms with van der Waals surface area (Å²) in [7, 11) is 0. The Labute approximate surface area is 105 Å². The molecule has 3 nitrogen and oxygen atoms in total. The van der Waals surface area contributed by atoms with Gasteiger partial charge in [-0.3, -0.25) is 0 Å². The van der Waals surface area contributed by atoms with Crippen molar-refractivity contribution < 1.29 is 14.9 Å². The fraction of sp³-hybridized carbons (Fsp3) is 0.714. The lowest BCUT2D eigenvalue weighted by Crippen LogP contribution is -1.97. The normalized spacial score (nSPS) is 15.5. The minimum absolute atomic E-state index is 0.210. The number of hydrogen-bond acceptors (Lipinski definition) is 3. The van der Waals surface area contributed by atoms with Gasteiger partial charge < -0.3 is 14.9 Å². The molecule has 0 saturated carbocycles. The first-order valence-electron chi connectivity index (χ1n) is 6.44. The van der Waals surface area contributed by atoms with Crippen molar-refractivity contribution in [1.82, 2.24) is 0 Å². The van der Waals surface area contributed by atoms with Gasteiger partial charge in [-0.25, -0.2) is 0 Å². The van der Waals surface area contributed by atoms with Gasteiger partial charge in [0.25, 0.3) is 0 Å². The average Bonchev–Trinajstić information content (AvgIpc) is 2.25. The Morgan fingerprint density at radius 3 is 1.65 bits per heavy atom. The van der Waals surface area contributed by atoms with Crippen molar-refractivity contribution in [3.05, 3.63) is 24.7 Å². The van der Waals surface area contributed by atoms with Gasteiger partial charge in [0.1, 0.15) is 0 Å². The van der Waals surface area contributed by atoms with Crippen LogP contribution < -0.4 is 0 Å². The summed E-state index contributed by atoms with van der Waals surface area (Å²) in [4.78, 5) is 0. The van der Waals surface area contributed by atoms with E-state index in [1.54, 1.807) is 26.4 Å². The summed E-state index contributed by atoms with van der Waals surface area (Å²) >= 11 is 0. The molecule has 0 aromatic rings. The molecule has 0 aliphatic rings. The number of rotatable bonds is 10. The number of aliphatic hydroxyl groups is 2. The molecule has 0 fully saturated rings. The molecule has 0 radical (unpaired) electrons. The molecule has 0 saturated heterocycles. The molecule has 0 aliphatic heterocycles. The first kappa shape index (κ1) is 16.2. The van der Waals surface area contributed by atoms with Crippen LogP contribution in [0.1, 0.15) is 52.4 Å². The maximum atomic E-state index is 9.03. The van der Waals surface area contributed by atoms with E-state index in [1.165, 1.54) is 0 Å². The summed E-state index contributed by atoms with van der Waals surface area (Å²) in [5.41, 5.74) is 0. The van der Waals surface area contributed by atoms with Gasteiger partial charge in [0.2, 0.25) is 0 Å². The second-order valence-electron chi connectivity index (χ2n) is 4.44. The van der Waals surface area contributed by atoms with Gasteiger partial charge in [-0.2, -0.15) is 0 Å². The van der Waals surface area contributed by atoms with Crippen molar-refractivity contribution in [2.24, 2.45) is 0 Å². The van der Waals surface area contributed by atoms with Crippen molar-refractivity contribution in [3.63, 3.8) is 0 Å². The Kier molecular flexibility index (Phi) is 11.1. The van der Waals surface area contributed by atoms with Crippen LogP contribution >= 0.6 is 0 Å². The summed E-state index contributed by atoms with van der Waals surface area (Å²) in [5, 5.41) is 18.1. The third-order valence-corrected chi connectivity index (χ3v) is 2.33. The molecule has 0 aromatic carbocycles. The van der Waals surface area contributed by atoms with Crippen molar-refractivity contribution in [2.45, 2.75) is 64.6 Å². The van der Waals surface area contributed by atoms with Crippen LogP contribution in [-0.2, 0) is 4.74 Å². The highest BCUT2D eigenvalue weighted by Gasteiger charge is 1.93. The van der Waals surface area contributed by atoms with Gasteiger partial charge in [-0.15, -0.1) is 0 Å². The van der Waals surface area contributed by atoms with Gasteiger partial charge in [0.15, 0.2) is 0 Å². The SMILES string of the molecule is CC(O)CCCC=COC=CCCCC(C)O. The molecule has 3 heteroatoms. The van der Waals surface area contributed by atoms with Crippen LogP contribution in [0, 0.1) is 0 Å². The molecule has 0 amide bonds. The second kappa shape index (κ2) is 11.7. The molecule has 100 valence electrons. The van der Waals surface area contributed by atoms with Crippen molar-refractivity contribution in [1.29, 1.82) is 0 Å². The van der Waals surface area contributed by atoms with Gasteiger partial charge in [0, 0.05) is 0 Å². The van der Waals surface area contributed by atoms with E-state index >= 15 is 0 Å². The molecule has 0 heterocycles. The predicted octanol–water partition coefficient (Wildman–Crippen LogP) is 3.13. The molecule has 0 rings (SSSR count). The van der Waals surface area contributed by atoms with Crippen LogP contribution in [0.5, 0.6) is 0 Å². The average molecular weight is 242 g/mol. The lowest BCUT2D eigenvalue weighted by atomic mass is 10.2. The third kappa shape index (κ3) is 15.2. The Balaban J connectivity index is 3.25. The minimum Gasteiger partial charge on any atom is -0.473 e. The molecule has 2 N–H and O–H groups in total. The quantitative estimate of drug-likeness (QED) is 0.457. The van der Waals surface area contributed by atoms with Crippen molar-refractivity contribution in [3.8, 4) is 0 Å². The van der Waals surface area contributed by atoms with Crippen LogP contribution in [0.3, 0.4) is 0 Å². The highest BCUT2D eigenvalue weighted by molar-refractivity contribution is 4.80. The zero-order valence-electron chi connectivity index (χ0n) is 11.0. The number of ether oxygens (including phenoxy) is 1. The molecule has 2 atom stereocenters. The minimum atomic E-state index is -0.210. The van der Waals surface area contributed by atoms with E-state index in [4.69, 9.17) is 14.9 Å². The van der Waals surface area contributed by atoms with E-state index in [2.05, 4.69) is 0 Å². The van der Waals surface area contributed by atoms with Gasteiger partial charge in [-0.05, 0) is 64.5 Å². The number of hydrogen-bond donors (Lipinski definition) is 2. The van der Waals surface area contributed by atoms with Gasteiger partial charge in [0.05, 0.1) is 24.7 Å². The highest BCUT2D eigenvalue weighted by Crippen LogP contribution is 2.02. The Morgan fingerprint density at radius 1 is 0.882 bits per heavy atom. The maximum Gasteiger partial charge on any atom is 0.0861 e. The van der Waals surface area contributed by atoms with Crippen LogP contribution in [0.2, 0.25) is 0 Å². The lowest BCUT2D eigenvalue weighted by Gasteiger charge is -2.00. The van der Waals surface area contributed by atoms with E-state index in [-0.39, 0.29) is 12.2 Å². The summed E-state index contributed by atoms with van der Waals surface area (Å²) in [6.07, 6.45) is 12.3. The van der Waals surface area contributed by atoms with E-state index < -0.39 is 0 Å². The van der Waals surface area contributed by atoms with E-state index in [9.17, 15) is 0 Å². The molecule has 17 heavy (non-hydrogen) atoms. The first-order valence-corrected chi connectivity index (χ1v) is 6.44. The number of unbranched alkanes of at least 4 members (excludes halogenated alkanes) is 2. The standard InChI is InChI=1S/C14H26O3/c1-13(15)9-5-3-7-11-17-12-8-4-6-10-14(2)16/h7-8,11-16H,3-6,9-10H2,1-2H3. The molecule has 2 unspecified atom stereocenters. The molecule has 0 aromatic heterocycles. The van der Waals surface area contributed by atoms with Crippen LogP contribution in [0.4, 0.5) is 0 Å². The van der Waals surface area contributed by atoms with Crippen molar-refractivity contribution in [2.75, 3.05) is 0 Å². The van der Waals surface area contributed by atoms with Gasteiger partial charge in [-0.1, -0.05) is 0 Å². The van der Waals surface area contributed by atoms with Crippen molar-refractivity contribution >= 4 is 0 Å². The van der Waals surface area contributed by atoms with Crippen LogP contribution in [0.25, 0.3) is 0 Å². The molecular formula is C14H26O3. The molecule has 0 bridgehead atoms. The molecular weight excluding hydrogens is 216 g/mol. The summed E-state index contributed by atoms with van der Waals surface area (Å²) in [5.74, 6) is 0. The van der Waals surface area contributed by atoms with Crippen LogP contribution in [0.15, 0.2) is 24.7 Å². The smallest absolute Gasteiger partial charge is 0.0861 e. The zero-order chi connectivity index (χ0) is 12.9. The Hall–Kier alpha value is -0.800. The summed E-state index contributed by atoms with van der Waals surface area (Å²) in [6.45, 7) is 3.60. The largest absolute Gasteiger partial charge is 0.473 e. The van der Waals surface area contributed by atoms with Gasteiger partial charge >= 0.3 is 0 Å². The maximum absolute atomic E-state index is 9.03. The zero-order valence-corrected chi connectivity index (χ0v) is 11.0. The van der Waals surface area contributed by atoms with E-state index in [0.29, 0.717) is 0 Å². The number of aliphatic hydroxyl groups excluding tert-OH is 2. The lowest BCUT2D eigenvalue weighted by molar-refractivity contribution is 0.181. The highest BCUT2D eigenvalue weighted by atomic mass is 16.5. The first-order chi connectivity index (χ1) is 8.13.